The fourth-order valence-electron chi connectivity index (χ4n) is 4.92. The van der Waals surface area contributed by atoms with Gasteiger partial charge in [-0.2, -0.15) is 0 Å². The molecule has 2 heterocycles. The average molecular weight is 320 g/mol. The molecule has 5 nitrogen and oxygen atoms in total. The Morgan fingerprint density at radius 2 is 1.83 bits per heavy atom. The molecule has 120 valence electrons. The summed E-state index contributed by atoms with van der Waals surface area (Å²) in [7, 11) is 0. The van der Waals surface area contributed by atoms with E-state index >= 15 is 0 Å². The molecule has 0 N–H and O–H groups in total. The van der Waals surface area contributed by atoms with E-state index in [-0.39, 0.29) is 35.4 Å². The molecule has 1 saturated heterocycles. The molecule has 3 aliphatic carbocycles. The van der Waals surface area contributed by atoms with Crippen molar-refractivity contribution in [2.75, 3.05) is 4.90 Å². The highest BCUT2D eigenvalue weighted by molar-refractivity contribution is 6.26. The minimum absolute atomic E-state index is 0.0330. The third-order valence-electron chi connectivity index (χ3n) is 5.96. The molecular weight excluding hydrogens is 304 g/mol. The molecule has 1 aromatic carbocycles. The zero-order valence-electron chi connectivity index (χ0n) is 13.0. The van der Waals surface area contributed by atoms with Crippen LogP contribution in [0.1, 0.15) is 19.3 Å². The van der Waals surface area contributed by atoms with E-state index in [2.05, 4.69) is 4.98 Å². The number of Topliss-reactive ketones (excluding diaryl/α,β-unsaturated/α-hetero) is 1. The first-order chi connectivity index (χ1) is 11.7. The number of hydrogen-bond acceptors (Lipinski definition) is 4. The number of ketones is 1. The lowest BCUT2D eigenvalue weighted by Crippen LogP contribution is -2.46. The number of rotatable bonds is 1. The molecule has 4 atom stereocenters. The van der Waals surface area contributed by atoms with Gasteiger partial charge in [-0.1, -0.05) is 12.1 Å². The second-order valence-electron chi connectivity index (χ2n) is 7.05. The molecule has 1 aliphatic heterocycles. The van der Waals surface area contributed by atoms with Crippen molar-refractivity contribution in [1.82, 2.24) is 4.98 Å². The molecule has 0 unspecified atom stereocenters. The van der Waals surface area contributed by atoms with Gasteiger partial charge in [0.05, 0.1) is 17.5 Å². The summed E-state index contributed by atoms with van der Waals surface area (Å²) in [4.78, 5) is 43.8. The molecular formula is C19H16N2O3. The van der Waals surface area contributed by atoms with Gasteiger partial charge in [0.25, 0.3) is 0 Å². The van der Waals surface area contributed by atoms with Crippen molar-refractivity contribution >= 4 is 34.1 Å². The van der Waals surface area contributed by atoms with Crippen molar-refractivity contribution in [2.45, 2.75) is 19.3 Å². The quantitative estimate of drug-likeness (QED) is 0.756. The summed E-state index contributed by atoms with van der Waals surface area (Å²) in [5.74, 6) is -1.16. The van der Waals surface area contributed by atoms with Crippen LogP contribution in [0, 0.1) is 23.7 Å². The van der Waals surface area contributed by atoms with Gasteiger partial charge in [-0.25, -0.2) is 4.90 Å². The van der Waals surface area contributed by atoms with Crippen molar-refractivity contribution < 1.29 is 14.4 Å². The SMILES string of the molecule is O=C1C[C@@H]2CC[C@H]1[C@@H]1C(=O)N(c3cccc4cnccc34)C(=O)[C@H]21. The fourth-order valence-corrected chi connectivity index (χ4v) is 4.92. The Balaban J connectivity index is 1.66. The summed E-state index contributed by atoms with van der Waals surface area (Å²) in [6.45, 7) is 0. The lowest BCUT2D eigenvalue weighted by molar-refractivity contribution is -0.143. The molecule has 2 amide bonds. The summed E-state index contributed by atoms with van der Waals surface area (Å²) in [5, 5.41) is 1.73. The number of carbonyl (C=O) groups is 3. The highest BCUT2D eigenvalue weighted by Crippen LogP contribution is 2.52. The van der Waals surface area contributed by atoms with Crippen LogP contribution in [-0.2, 0) is 14.4 Å². The molecule has 2 bridgehead atoms. The molecule has 0 radical (unpaired) electrons. The number of fused-ring (bicyclic) bond motifs is 3. The van der Waals surface area contributed by atoms with Gasteiger partial charge in [-0.3, -0.25) is 19.4 Å². The maximum absolute atomic E-state index is 13.1. The minimum Gasteiger partial charge on any atom is -0.299 e. The van der Waals surface area contributed by atoms with Gasteiger partial charge < -0.3 is 0 Å². The summed E-state index contributed by atoms with van der Waals surface area (Å²) in [6, 6.07) is 7.38. The van der Waals surface area contributed by atoms with Gasteiger partial charge in [0, 0.05) is 35.5 Å². The number of imide groups is 1. The molecule has 3 saturated carbocycles. The summed E-state index contributed by atoms with van der Waals surface area (Å²) in [6.07, 6.45) is 5.47. The van der Waals surface area contributed by atoms with Crippen LogP contribution in [0.15, 0.2) is 36.7 Å². The Kier molecular flexibility index (Phi) is 2.72. The number of pyridine rings is 1. The van der Waals surface area contributed by atoms with E-state index < -0.39 is 5.92 Å². The molecule has 0 spiro atoms. The maximum Gasteiger partial charge on any atom is 0.238 e. The minimum atomic E-state index is -0.449. The number of carbonyl (C=O) groups excluding carboxylic acids is 3. The molecule has 4 fully saturated rings. The third kappa shape index (κ3) is 1.64. The van der Waals surface area contributed by atoms with Crippen LogP contribution in [0.4, 0.5) is 5.69 Å². The zero-order chi connectivity index (χ0) is 16.4. The second-order valence-corrected chi connectivity index (χ2v) is 7.05. The molecule has 2 aromatic rings. The monoisotopic (exact) mass is 320 g/mol. The Hall–Kier alpha value is -2.56. The fraction of sp³-hybridized carbons (Fsp3) is 0.368. The smallest absolute Gasteiger partial charge is 0.238 e. The predicted octanol–water partition coefficient (Wildman–Crippen LogP) is 2.34. The van der Waals surface area contributed by atoms with Crippen LogP contribution in [-0.4, -0.2) is 22.6 Å². The van der Waals surface area contributed by atoms with E-state index in [1.54, 1.807) is 18.5 Å². The van der Waals surface area contributed by atoms with Crippen LogP contribution in [0.25, 0.3) is 10.8 Å². The van der Waals surface area contributed by atoms with E-state index in [0.29, 0.717) is 12.1 Å². The van der Waals surface area contributed by atoms with Crippen molar-refractivity contribution in [1.29, 1.82) is 0 Å². The van der Waals surface area contributed by atoms with Crippen molar-refractivity contribution in [3.8, 4) is 0 Å². The summed E-state index contributed by atoms with van der Waals surface area (Å²) in [5.41, 5.74) is 0.617. The van der Waals surface area contributed by atoms with Gasteiger partial charge >= 0.3 is 0 Å². The first kappa shape index (κ1) is 13.8. The second kappa shape index (κ2) is 4.72. The highest BCUT2D eigenvalue weighted by Gasteiger charge is 2.61. The third-order valence-corrected chi connectivity index (χ3v) is 5.96. The Morgan fingerprint density at radius 1 is 1.00 bits per heavy atom. The topological polar surface area (TPSA) is 67.3 Å². The summed E-state index contributed by atoms with van der Waals surface area (Å²) < 4.78 is 0. The Labute approximate surface area is 138 Å². The van der Waals surface area contributed by atoms with Crippen LogP contribution in [0.5, 0.6) is 0 Å². The number of aromatic nitrogens is 1. The number of hydrogen-bond donors (Lipinski definition) is 0. The zero-order valence-corrected chi connectivity index (χ0v) is 13.0. The van der Waals surface area contributed by atoms with Gasteiger partial charge in [0.2, 0.25) is 11.8 Å². The maximum atomic E-state index is 13.1. The van der Waals surface area contributed by atoms with Gasteiger partial charge in [0.1, 0.15) is 5.78 Å². The highest BCUT2D eigenvalue weighted by atomic mass is 16.2. The van der Waals surface area contributed by atoms with Crippen LogP contribution in [0.3, 0.4) is 0 Å². The molecule has 24 heavy (non-hydrogen) atoms. The van der Waals surface area contributed by atoms with E-state index in [1.165, 1.54) is 4.90 Å². The predicted molar refractivity (Wildman–Crippen MR) is 87.1 cm³/mol. The van der Waals surface area contributed by atoms with Gasteiger partial charge in [-0.15, -0.1) is 0 Å². The van der Waals surface area contributed by atoms with Crippen molar-refractivity contribution in [3.63, 3.8) is 0 Å². The van der Waals surface area contributed by atoms with Crippen molar-refractivity contribution in [3.05, 3.63) is 36.7 Å². The average Bonchev–Trinajstić information content (AvgIpc) is 2.88. The standard InChI is InChI=1S/C19H16N2O3/c22-15-8-10-4-5-13(15)17-16(10)18(23)21(19(17)24)14-3-1-2-11-9-20-7-6-12(11)14/h1-3,6-7,9-10,13,16-17H,4-5,8H2/t10-,13+,16+,17-/m0/s1. The van der Waals surface area contributed by atoms with Crippen LogP contribution in [0.2, 0.25) is 0 Å². The van der Waals surface area contributed by atoms with Crippen LogP contribution >= 0.6 is 0 Å². The van der Waals surface area contributed by atoms with Crippen LogP contribution < -0.4 is 4.90 Å². The van der Waals surface area contributed by atoms with Gasteiger partial charge in [-0.05, 0) is 30.9 Å². The first-order valence-electron chi connectivity index (χ1n) is 8.40. The molecule has 5 heteroatoms. The molecule has 4 aliphatic rings. The van der Waals surface area contributed by atoms with Gasteiger partial charge in [0.15, 0.2) is 0 Å². The summed E-state index contributed by atoms with van der Waals surface area (Å²) >= 11 is 0. The lowest BCUT2D eigenvalue weighted by atomic mass is 9.59. The lowest BCUT2D eigenvalue weighted by Gasteiger charge is -2.41. The van der Waals surface area contributed by atoms with E-state index in [1.807, 2.05) is 18.2 Å². The van der Waals surface area contributed by atoms with Crippen molar-refractivity contribution in [2.24, 2.45) is 23.7 Å². The number of anilines is 1. The number of nitrogens with zero attached hydrogens (tertiary/aromatic N) is 2. The Bertz CT molecular complexity index is 901. The molecule has 6 rings (SSSR count). The van der Waals surface area contributed by atoms with E-state index in [9.17, 15) is 14.4 Å². The largest absolute Gasteiger partial charge is 0.299 e. The molecule has 1 aromatic heterocycles. The number of amides is 2. The Morgan fingerprint density at radius 3 is 2.67 bits per heavy atom. The normalized spacial score (nSPS) is 31.8. The van der Waals surface area contributed by atoms with E-state index in [0.717, 1.165) is 23.6 Å². The first-order valence-corrected chi connectivity index (χ1v) is 8.40. The number of benzene rings is 1. The van der Waals surface area contributed by atoms with E-state index in [4.69, 9.17) is 0 Å².